The molecule has 1 aliphatic heterocycles. The molecule has 4 nitrogen and oxygen atoms in total. The molecule has 5 heteroatoms. The molecule has 20 heavy (non-hydrogen) atoms. The molecule has 0 amide bonds. The fraction of sp³-hybridized carbons (Fsp3) is 0.533. The molecule has 1 aliphatic rings. The first-order chi connectivity index (χ1) is 9.54. The van der Waals surface area contributed by atoms with Gasteiger partial charge >= 0.3 is 0 Å². The fourth-order valence-corrected chi connectivity index (χ4v) is 4.03. The minimum Gasteiger partial charge on any atom is -0.497 e. The van der Waals surface area contributed by atoms with Gasteiger partial charge in [0.15, 0.2) is 5.78 Å². The van der Waals surface area contributed by atoms with Gasteiger partial charge in [0.05, 0.1) is 23.7 Å². The molecule has 1 saturated heterocycles. The molecule has 110 valence electrons. The number of carbonyl (C=O) groups excluding carboxylic acids is 1. The quantitative estimate of drug-likeness (QED) is 0.782. The molecule has 2 rings (SSSR count). The van der Waals surface area contributed by atoms with E-state index in [1.807, 2.05) is 6.92 Å². The van der Waals surface area contributed by atoms with E-state index in [0.717, 1.165) is 6.42 Å². The van der Waals surface area contributed by atoms with Crippen molar-refractivity contribution in [2.75, 3.05) is 13.7 Å². The summed E-state index contributed by atoms with van der Waals surface area (Å²) in [5.74, 6) is 0.609. The minimum absolute atomic E-state index is 0.0399. The largest absolute Gasteiger partial charge is 0.497 e. The predicted molar refractivity (Wildman–Crippen MR) is 78.7 cm³/mol. The predicted octanol–water partition coefficient (Wildman–Crippen LogP) is 2.19. The highest BCUT2D eigenvalue weighted by molar-refractivity contribution is 7.87. The highest BCUT2D eigenvalue weighted by atomic mass is 32.2. The number of hydrogen-bond acceptors (Lipinski definition) is 4. The Hall–Kier alpha value is -1.20. The van der Waals surface area contributed by atoms with E-state index in [1.165, 1.54) is 0 Å². The van der Waals surface area contributed by atoms with Crippen LogP contribution in [0.4, 0.5) is 0 Å². The lowest BCUT2D eigenvalue weighted by Gasteiger charge is -2.18. The van der Waals surface area contributed by atoms with Crippen molar-refractivity contribution in [3.05, 3.63) is 29.8 Å². The molecule has 0 bridgehead atoms. The standard InChI is InChI=1S/C15H20O4S/c1-10-14(8-9-19-10)20(17)11(2)15(16)12-4-6-13(18-3)7-5-12/h4-7,10-11,14H,8-9H2,1-3H3. The summed E-state index contributed by atoms with van der Waals surface area (Å²) in [5.41, 5.74) is 0.568. The molecule has 1 heterocycles. The van der Waals surface area contributed by atoms with Gasteiger partial charge in [-0.25, -0.2) is 0 Å². The van der Waals surface area contributed by atoms with E-state index in [9.17, 15) is 9.00 Å². The molecule has 0 N–H and O–H groups in total. The summed E-state index contributed by atoms with van der Waals surface area (Å²) in [5, 5.41) is -0.565. The molecule has 1 fully saturated rings. The summed E-state index contributed by atoms with van der Waals surface area (Å²) < 4.78 is 23.0. The van der Waals surface area contributed by atoms with Gasteiger partial charge in [-0.1, -0.05) is 0 Å². The van der Waals surface area contributed by atoms with Gasteiger partial charge in [0.1, 0.15) is 5.75 Å². The monoisotopic (exact) mass is 296 g/mol. The Morgan fingerprint density at radius 1 is 1.40 bits per heavy atom. The van der Waals surface area contributed by atoms with Crippen molar-refractivity contribution >= 4 is 16.6 Å². The Balaban J connectivity index is 2.09. The van der Waals surface area contributed by atoms with Gasteiger partial charge in [0.25, 0.3) is 0 Å². The van der Waals surface area contributed by atoms with Gasteiger partial charge in [-0.05, 0) is 44.5 Å². The minimum atomic E-state index is -1.21. The average Bonchev–Trinajstić information content (AvgIpc) is 2.91. The molecule has 0 aliphatic carbocycles. The van der Waals surface area contributed by atoms with Gasteiger partial charge in [-0.2, -0.15) is 0 Å². The molecule has 0 radical (unpaired) electrons. The lowest BCUT2D eigenvalue weighted by atomic mass is 10.1. The van der Waals surface area contributed by atoms with Gasteiger partial charge in [-0.3, -0.25) is 9.00 Å². The SMILES string of the molecule is COc1ccc(C(=O)C(C)S(=O)C2CCOC2C)cc1. The van der Waals surface area contributed by atoms with Crippen molar-refractivity contribution in [2.45, 2.75) is 36.9 Å². The molecule has 0 aromatic heterocycles. The lowest BCUT2D eigenvalue weighted by Crippen LogP contribution is -2.34. The Morgan fingerprint density at radius 3 is 2.55 bits per heavy atom. The fourth-order valence-electron chi connectivity index (χ4n) is 2.37. The van der Waals surface area contributed by atoms with Crippen molar-refractivity contribution < 1.29 is 18.5 Å². The first-order valence-corrected chi connectivity index (χ1v) is 8.01. The molecule has 0 saturated carbocycles. The third-order valence-electron chi connectivity index (χ3n) is 3.70. The van der Waals surface area contributed by atoms with Crippen molar-refractivity contribution in [3.63, 3.8) is 0 Å². The highest BCUT2D eigenvalue weighted by Crippen LogP contribution is 2.23. The number of carbonyl (C=O) groups is 1. The maximum atomic E-state index is 12.5. The Morgan fingerprint density at radius 2 is 2.05 bits per heavy atom. The maximum Gasteiger partial charge on any atom is 0.178 e. The third-order valence-corrected chi connectivity index (χ3v) is 5.82. The normalized spacial score (nSPS) is 25.1. The highest BCUT2D eigenvalue weighted by Gasteiger charge is 2.35. The molecule has 4 unspecified atom stereocenters. The van der Waals surface area contributed by atoms with Crippen molar-refractivity contribution in [1.29, 1.82) is 0 Å². The first-order valence-electron chi connectivity index (χ1n) is 6.74. The molecular weight excluding hydrogens is 276 g/mol. The van der Waals surface area contributed by atoms with Crippen molar-refractivity contribution in [1.82, 2.24) is 0 Å². The van der Waals surface area contributed by atoms with Crippen LogP contribution in [0.5, 0.6) is 5.75 Å². The van der Waals surface area contributed by atoms with Crippen LogP contribution in [-0.4, -0.2) is 40.3 Å². The van der Waals surface area contributed by atoms with Gasteiger partial charge in [0.2, 0.25) is 0 Å². The summed E-state index contributed by atoms with van der Waals surface area (Å²) in [6, 6.07) is 6.90. The van der Waals surface area contributed by atoms with E-state index in [1.54, 1.807) is 38.3 Å². The Labute approximate surface area is 121 Å². The van der Waals surface area contributed by atoms with Gasteiger partial charge in [0, 0.05) is 23.0 Å². The second-order valence-corrected chi connectivity index (χ2v) is 6.94. The van der Waals surface area contributed by atoms with Crippen LogP contribution in [0.25, 0.3) is 0 Å². The van der Waals surface area contributed by atoms with Crippen LogP contribution in [0.1, 0.15) is 30.6 Å². The van der Waals surface area contributed by atoms with E-state index < -0.39 is 16.0 Å². The van der Waals surface area contributed by atoms with Crippen molar-refractivity contribution in [2.24, 2.45) is 0 Å². The number of Topliss-reactive ketones (excluding diaryl/α,β-unsaturated/α-hetero) is 1. The number of benzene rings is 1. The van der Waals surface area contributed by atoms with Gasteiger partial charge < -0.3 is 9.47 Å². The molecule has 1 aromatic carbocycles. The number of hydrogen-bond donors (Lipinski definition) is 0. The van der Waals surface area contributed by atoms with E-state index in [-0.39, 0.29) is 17.1 Å². The molecular formula is C15H20O4S. The lowest BCUT2D eigenvalue weighted by molar-refractivity contribution is 0.0991. The van der Waals surface area contributed by atoms with Crippen LogP contribution < -0.4 is 4.74 Å². The van der Waals surface area contributed by atoms with E-state index >= 15 is 0 Å². The number of ether oxygens (including phenoxy) is 2. The number of rotatable bonds is 5. The van der Waals surface area contributed by atoms with Crippen molar-refractivity contribution in [3.8, 4) is 5.75 Å². The zero-order valence-corrected chi connectivity index (χ0v) is 12.8. The third kappa shape index (κ3) is 3.10. The van der Waals surface area contributed by atoms with Gasteiger partial charge in [-0.15, -0.1) is 0 Å². The smallest absolute Gasteiger partial charge is 0.178 e. The Bertz CT molecular complexity index is 497. The second-order valence-electron chi connectivity index (χ2n) is 4.97. The van der Waals surface area contributed by atoms with Crippen LogP contribution in [0.3, 0.4) is 0 Å². The van der Waals surface area contributed by atoms with E-state index in [2.05, 4.69) is 0 Å². The summed E-state index contributed by atoms with van der Waals surface area (Å²) in [6.45, 7) is 4.27. The van der Waals surface area contributed by atoms with E-state index in [4.69, 9.17) is 9.47 Å². The first kappa shape index (κ1) is 15.2. The zero-order chi connectivity index (χ0) is 14.7. The number of ketones is 1. The second kappa shape index (κ2) is 6.50. The average molecular weight is 296 g/mol. The summed E-state index contributed by atoms with van der Waals surface area (Å²) in [6.07, 6.45) is 0.718. The summed E-state index contributed by atoms with van der Waals surface area (Å²) in [7, 11) is 0.366. The van der Waals surface area contributed by atoms with Crippen LogP contribution in [-0.2, 0) is 15.5 Å². The topological polar surface area (TPSA) is 52.6 Å². The summed E-state index contributed by atoms with van der Waals surface area (Å²) >= 11 is 0. The summed E-state index contributed by atoms with van der Waals surface area (Å²) in [4.78, 5) is 12.4. The van der Waals surface area contributed by atoms with Crippen LogP contribution >= 0.6 is 0 Å². The van der Waals surface area contributed by atoms with Crippen LogP contribution in [0, 0.1) is 0 Å². The molecule has 4 atom stereocenters. The Kier molecular flexibility index (Phi) is 4.94. The van der Waals surface area contributed by atoms with Crippen LogP contribution in [0.15, 0.2) is 24.3 Å². The van der Waals surface area contributed by atoms with Crippen LogP contribution in [0.2, 0.25) is 0 Å². The maximum absolute atomic E-state index is 12.5. The molecule has 0 spiro atoms. The zero-order valence-electron chi connectivity index (χ0n) is 12.0. The van der Waals surface area contributed by atoms with E-state index in [0.29, 0.717) is 17.9 Å². The number of methoxy groups -OCH3 is 1. The molecule has 1 aromatic rings.